The second-order valence-corrected chi connectivity index (χ2v) is 9.63. The van der Waals surface area contributed by atoms with Gasteiger partial charge in [0.25, 0.3) is 0 Å². The van der Waals surface area contributed by atoms with Crippen LogP contribution in [-0.2, 0) is 20.9 Å². The minimum Gasteiger partial charge on any atom is -0.368 e. The highest BCUT2D eigenvalue weighted by atomic mass is 32.2. The Morgan fingerprint density at radius 1 is 1.15 bits per heavy atom. The van der Waals surface area contributed by atoms with Crippen molar-refractivity contribution in [1.29, 1.82) is 0 Å². The standard InChI is InChI=1S/C24H30F3N3O3S/c1-16(2)9-10-22(32)30(14-17-12-18-6-3-4-7-19(18)29-13-17)20(23(28)33)8-5-11-34-15-21(31)24(25,26)27/h3-4,6-7,12-13,16,20H,5,8-11,14-15H2,1-2H3,(H2,28,33)/t20-/m0/s1. The van der Waals surface area contributed by atoms with E-state index in [1.807, 2.05) is 44.2 Å². The van der Waals surface area contributed by atoms with Crippen LogP contribution in [-0.4, -0.2) is 51.2 Å². The van der Waals surface area contributed by atoms with E-state index in [0.717, 1.165) is 28.2 Å². The molecule has 0 aliphatic rings. The van der Waals surface area contributed by atoms with Crippen LogP contribution >= 0.6 is 11.8 Å². The molecule has 34 heavy (non-hydrogen) atoms. The largest absolute Gasteiger partial charge is 0.450 e. The highest BCUT2D eigenvalue weighted by Gasteiger charge is 2.37. The van der Waals surface area contributed by atoms with Crippen molar-refractivity contribution in [2.24, 2.45) is 11.7 Å². The molecule has 0 saturated carbocycles. The van der Waals surface area contributed by atoms with Gasteiger partial charge in [0, 0.05) is 24.5 Å². The molecule has 0 aliphatic carbocycles. The Labute approximate surface area is 201 Å². The number of aromatic nitrogens is 1. The van der Waals surface area contributed by atoms with Crippen molar-refractivity contribution in [1.82, 2.24) is 9.88 Å². The van der Waals surface area contributed by atoms with Crippen molar-refractivity contribution in [3.05, 3.63) is 42.1 Å². The number of ketones is 1. The zero-order valence-corrected chi connectivity index (χ0v) is 20.1. The van der Waals surface area contributed by atoms with Gasteiger partial charge < -0.3 is 10.6 Å². The van der Waals surface area contributed by atoms with E-state index < -0.39 is 29.7 Å². The quantitative estimate of drug-likeness (QED) is 0.412. The molecule has 0 aliphatic heterocycles. The molecule has 2 rings (SSSR count). The molecule has 0 saturated heterocycles. The van der Waals surface area contributed by atoms with E-state index in [2.05, 4.69) is 4.98 Å². The van der Waals surface area contributed by atoms with E-state index in [9.17, 15) is 27.6 Å². The third-order valence-electron chi connectivity index (χ3n) is 5.28. The van der Waals surface area contributed by atoms with Gasteiger partial charge in [-0.1, -0.05) is 32.0 Å². The molecule has 0 fully saturated rings. The normalized spacial score (nSPS) is 12.6. The van der Waals surface area contributed by atoms with Crippen LogP contribution in [0.4, 0.5) is 13.2 Å². The van der Waals surface area contributed by atoms with Crippen molar-refractivity contribution in [2.45, 2.75) is 58.3 Å². The molecule has 0 radical (unpaired) electrons. The van der Waals surface area contributed by atoms with Gasteiger partial charge in [-0.25, -0.2) is 0 Å². The third kappa shape index (κ3) is 8.62. The maximum absolute atomic E-state index is 13.1. The second kappa shape index (κ2) is 12.7. The van der Waals surface area contributed by atoms with E-state index >= 15 is 0 Å². The van der Waals surface area contributed by atoms with Crippen LogP contribution in [0.15, 0.2) is 36.5 Å². The lowest BCUT2D eigenvalue weighted by molar-refractivity contribution is -0.167. The first-order chi connectivity index (χ1) is 16.0. The molecule has 1 aromatic carbocycles. The molecular weight excluding hydrogens is 467 g/mol. The Morgan fingerprint density at radius 2 is 1.85 bits per heavy atom. The fourth-order valence-electron chi connectivity index (χ4n) is 3.40. The fraction of sp³-hybridized carbons (Fsp3) is 0.500. The Bertz CT molecular complexity index is 998. The van der Waals surface area contributed by atoms with Crippen LogP contribution in [0.25, 0.3) is 10.9 Å². The number of carbonyl (C=O) groups is 3. The molecule has 1 atom stereocenters. The third-order valence-corrected chi connectivity index (χ3v) is 6.32. The summed E-state index contributed by atoms with van der Waals surface area (Å²) in [4.78, 5) is 42.2. The number of hydrogen-bond acceptors (Lipinski definition) is 5. The summed E-state index contributed by atoms with van der Waals surface area (Å²) >= 11 is 0.847. The molecule has 186 valence electrons. The number of para-hydroxylation sites is 1. The number of thioether (sulfide) groups is 1. The van der Waals surface area contributed by atoms with Crippen molar-refractivity contribution in [3.8, 4) is 0 Å². The Hall–Kier alpha value is -2.62. The van der Waals surface area contributed by atoms with E-state index in [0.29, 0.717) is 18.8 Å². The molecule has 0 unspecified atom stereocenters. The van der Waals surface area contributed by atoms with E-state index in [-0.39, 0.29) is 31.0 Å². The minimum atomic E-state index is -4.85. The maximum Gasteiger partial charge on any atom is 0.450 e. The summed E-state index contributed by atoms with van der Waals surface area (Å²) in [5, 5.41) is 0.899. The summed E-state index contributed by atoms with van der Waals surface area (Å²) in [6.45, 7) is 4.13. The number of halogens is 3. The van der Waals surface area contributed by atoms with Crippen molar-refractivity contribution in [3.63, 3.8) is 0 Å². The molecule has 10 heteroatoms. The molecule has 2 N–H and O–H groups in total. The van der Waals surface area contributed by atoms with Crippen LogP contribution in [0, 0.1) is 5.92 Å². The number of fused-ring (bicyclic) bond motifs is 1. The van der Waals surface area contributed by atoms with Crippen LogP contribution in [0.2, 0.25) is 0 Å². The SMILES string of the molecule is CC(C)CCC(=O)N(Cc1cnc2ccccc2c1)[C@@H](CCCSCC(=O)C(F)(F)F)C(N)=O. The van der Waals surface area contributed by atoms with Crippen molar-refractivity contribution >= 4 is 40.3 Å². The van der Waals surface area contributed by atoms with Gasteiger partial charge in [-0.3, -0.25) is 19.4 Å². The van der Waals surface area contributed by atoms with Gasteiger partial charge in [-0.05, 0) is 48.6 Å². The number of nitrogens with zero attached hydrogens (tertiary/aromatic N) is 2. The molecule has 6 nitrogen and oxygen atoms in total. The lowest BCUT2D eigenvalue weighted by atomic mass is 10.0. The van der Waals surface area contributed by atoms with Gasteiger partial charge in [-0.2, -0.15) is 24.9 Å². The topological polar surface area (TPSA) is 93.4 Å². The van der Waals surface area contributed by atoms with Gasteiger partial charge in [0.15, 0.2) is 0 Å². The van der Waals surface area contributed by atoms with E-state index in [4.69, 9.17) is 5.73 Å². The molecule has 1 heterocycles. The Balaban J connectivity index is 2.12. The second-order valence-electron chi connectivity index (χ2n) is 8.52. The van der Waals surface area contributed by atoms with Gasteiger partial charge in [0.05, 0.1) is 11.3 Å². The molecule has 1 aromatic heterocycles. The molecule has 0 bridgehead atoms. The van der Waals surface area contributed by atoms with E-state index in [1.54, 1.807) is 6.20 Å². The molecular formula is C24H30F3N3O3S. The van der Waals surface area contributed by atoms with Crippen LogP contribution in [0.3, 0.4) is 0 Å². The van der Waals surface area contributed by atoms with Crippen LogP contribution in [0.5, 0.6) is 0 Å². The monoisotopic (exact) mass is 497 g/mol. The number of rotatable bonds is 13. The molecule has 0 spiro atoms. The van der Waals surface area contributed by atoms with E-state index in [1.165, 1.54) is 4.90 Å². The first-order valence-corrected chi connectivity index (χ1v) is 12.2. The van der Waals surface area contributed by atoms with Gasteiger partial charge in [-0.15, -0.1) is 0 Å². The van der Waals surface area contributed by atoms with Crippen LogP contribution in [0.1, 0.15) is 45.1 Å². The highest BCUT2D eigenvalue weighted by molar-refractivity contribution is 7.99. The summed E-state index contributed by atoms with van der Waals surface area (Å²) < 4.78 is 37.0. The van der Waals surface area contributed by atoms with Gasteiger partial charge in [0.2, 0.25) is 17.6 Å². The smallest absolute Gasteiger partial charge is 0.368 e. The van der Waals surface area contributed by atoms with Crippen LogP contribution < -0.4 is 5.73 Å². The number of hydrogen-bond donors (Lipinski definition) is 1. The number of benzene rings is 1. The zero-order valence-electron chi connectivity index (χ0n) is 19.3. The number of primary amides is 1. The Morgan fingerprint density at radius 3 is 2.50 bits per heavy atom. The minimum absolute atomic E-state index is 0.141. The van der Waals surface area contributed by atoms with Gasteiger partial charge >= 0.3 is 6.18 Å². The summed E-state index contributed by atoms with van der Waals surface area (Å²) in [6, 6.07) is 8.53. The predicted molar refractivity (Wildman–Crippen MR) is 127 cm³/mol. The Kier molecular flexibility index (Phi) is 10.3. The summed E-state index contributed by atoms with van der Waals surface area (Å²) in [5.74, 6) is -2.84. The number of Topliss-reactive ketones (excluding diaryl/α,β-unsaturated/α-hetero) is 1. The summed E-state index contributed by atoms with van der Waals surface area (Å²) in [7, 11) is 0. The predicted octanol–water partition coefficient (Wildman–Crippen LogP) is 4.50. The number of carbonyl (C=O) groups excluding carboxylic acids is 3. The first kappa shape index (κ1) is 27.6. The first-order valence-electron chi connectivity index (χ1n) is 11.1. The summed E-state index contributed by atoms with van der Waals surface area (Å²) in [6.07, 6.45) is -1.79. The average molecular weight is 498 g/mol. The number of nitrogens with two attached hydrogens (primary N) is 1. The average Bonchev–Trinajstić information content (AvgIpc) is 2.77. The number of alkyl halides is 3. The molecule has 2 amide bonds. The lowest BCUT2D eigenvalue weighted by Crippen LogP contribution is -2.47. The highest BCUT2D eigenvalue weighted by Crippen LogP contribution is 2.22. The molecule has 2 aromatic rings. The fourth-order valence-corrected chi connectivity index (χ4v) is 4.27. The maximum atomic E-state index is 13.1. The number of pyridine rings is 1. The summed E-state index contributed by atoms with van der Waals surface area (Å²) in [5.41, 5.74) is 7.19. The number of amides is 2. The van der Waals surface area contributed by atoms with Gasteiger partial charge in [0.1, 0.15) is 6.04 Å². The van der Waals surface area contributed by atoms with Crippen molar-refractivity contribution in [2.75, 3.05) is 11.5 Å². The zero-order chi connectivity index (χ0) is 25.3. The van der Waals surface area contributed by atoms with Crippen molar-refractivity contribution < 1.29 is 27.6 Å². The lowest BCUT2D eigenvalue weighted by Gasteiger charge is -2.30.